The molecule has 0 saturated heterocycles. The van der Waals surface area contributed by atoms with E-state index in [9.17, 15) is 28.0 Å². The van der Waals surface area contributed by atoms with E-state index in [0.29, 0.717) is 47.0 Å². The van der Waals surface area contributed by atoms with Crippen LogP contribution in [0.2, 0.25) is 0 Å². The number of aromatic nitrogens is 2. The van der Waals surface area contributed by atoms with Crippen LogP contribution in [0.1, 0.15) is 41.4 Å². The van der Waals surface area contributed by atoms with Crippen molar-refractivity contribution in [1.29, 1.82) is 0 Å². The van der Waals surface area contributed by atoms with Crippen LogP contribution >= 0.6 is 0 Å². The number of rotatable bonds is 9. The van der Waals surface area contributed by atoms with Crippen LogP contribution in [0.25, 0.3) is 0 Å². The molecular weight excluding hydrogens is 526 g/mol. The Balaban J connectivity index is 0.000000252. The van der Waals surface area contributed by atoms with E-state index < -0.39 is 23.8 Å². The summed E-state index contributed by atoms with van der Waals surface area (Å²) in [4.78, 5) is 48.2. The number of amides is 2. The average molecular weight is 555 g/mol. The maximum absolute atomic E-state index is 13.3. The molecule has 1 aromatic carbocycles. The molecule has 210 valence electrons. The maximum Gasteiger partial charge on any atom is 0.339 e. The van der Waals surface area contributed by atoms with Crippen LogP contribution in [0.3, 0.4) is 0 Å². The molecule has 0 unspecified atom stereocenters. The molecule has 1 aliphatic rings. The fraction of sp³-hybridized carbons (Fsp3) is 0.214. The van der Waals surface area contributed by atoms with E-state index in [1.165, 1.54) is 20.4 Å². The summed E-state index contributed by atoms with van der Waals surface area (Å²) in [7, 11) is 2.58. The first-order valence-electron chi connectivity index (χ1n) is 12.0. The van der Waals surface area contributed by atoms with Crippen molar-refractivity contribution in [3.63, 3.8) is 0 Å². The third-order valence-corrected chi connectivity index (χ3v) is 5.92. The molecule has 1 aliphatic heterocycles. The van der Waals surface area contributed by atoms with Crippen molar-refractivity contribution in [3.8, 4) is 0 Å². The van der Waals surface area contributed by atoms with Crippen molar-refractivity contribution in [3.05, 3.63) is 107 Å². The first-order chi connectivity index (χ1) is 19.3. The topological polar surface area (TPSA) is 126 Å². The number of fused-ring (bicyclic) bond motifs is 1. The van der Waals surface area contributed by atoms with Gasteiger partial charge in [0.2, 0.25) is 0 Å². The van der Waals surface area contributed by atoms with Crippen molar-refractivity contribution >= 4 is 23.8 Å². The van der Waals surface area contributed by atoms with E-state index in [1.807, 2.05) is 0 Å². The highest BCUT2D eigenvalue weighted by atomic mass is 19.1. The number of carbonyl (C=O) groups is 4. The van der Waals surface area contributed by atoms with Gasteiger partial charge in [-0.2, -0.15) is 0 Å². The fourth-order valence-electron chi connectivity index (χ4n) is 3.87. The molecule has 0 fully saturated rings. The zero-order chi connectivity index (χ0) is 29.2. The Kier molecular flexibility index (Phi) is 10.3. The van der Waals surface area contributed by atoms with E-state index >= 15 is 0 Å². The molecule has 0 radical (unpaired) electrons. The number of ether oxygens (including phenoxy) is 2. The van der Waals surface area contributed by atoms with Crippen LogP contribution in [0.4, 0.5) is 8.78 Å². The average Bonchev–Trinajstić information content (AvgIpc) is 3.71. The number of hydrogen-bond acceptors (Lipinski definition) is 7. The zero-order valence-corrected chi connectivity index (χ0v) is 21.9. The van der Waals surface area contributed by atoms with Gasteiger partial charge in [0, 0.05) is 44.4 Å². The van der Waals surface area contributed by atoms with Gasteiger partial charge in [0.1, 0.15) is 0 Å². The largest absolute Gasteiger partial charge is 0.465 e. The number of esters is 2. The number of nitrogens with zero attached hydrogens (tertiary/aromatic N) is 3. The molecule has 3 heterocycles. The maximum atomic E-state index is 13.3. The summed E-state index contributed by atoms with van der Waals surface area (Å²) < 4.78 is 37.9. The van der Waals surface area contributed by atoms with E-state index in [2.05, 4.69) is 9.47 Å². The lowest BCUT2D eigenvalue weighted by Crippen LogP contribution is -2.32. The minimum absolute atomic E-state index is 0.0981. The summed E-state index contributed by atoms with van der Waals surface area (Å²) in [5.41, 5.74) is 7.41. The van der Waals surface area contributed by atoms with Crippen molar-refractivity contribution in [2.24, 2.45) is 5.73 Å². The standard InChI is InChI=1S/C18H15FN2O4.C10H13FN2O2/c1-25-18(24)13-6-7-20(11-13)9-12(8-19)10-21-16(22)14-4-2-3-5-15(14)17(21)23;1-15-10(14)9-2-3-13(7-9)6-8(4-11)5-12/h2-8,11H,9-10H2,1H3;2-4,7H,5-6,12H2,1H3/b12-8-;8-4+. The number of hydrogen-bond donors (Lipinski definition) is 1. The summed E-state index contributed by atoms with van der Waals surface area (Å²) in [6.45, 7) is 0.432. The number of nitrogens with two attached hydrogens (primary N) is 1. The van der Waals surface area contributed by atoms with Gasteiger partial charge in [-0.15, -0.1) is 0 Å². The van der Waals surface area contributed by atoms with Gasteiger partial charge in [0.25, 0.3) is 11.8 Å². The molecule has 2 N–H and O–H groups in total. The Bertz CT molecular complexity index is 1420. The first kappa shape index (κ1) is 29.7. The van der Waals surface area contributed by atoms with Crippen molar-refractivity contribution < 1.29 is 37.4 Å². The monoisotopic (exact) mass is 554 g/mol. The molecule has 3 aromatic rings. The Hall–Kier alpha value is -4.84. The van der Waals surface area contributed by atoms with Gasteiger partial charge in [0.15, 0.2) is 0 Å². The highest BCUT2D eigenvalue weighted by molar-refractivity contribution is 6.21. The first-order valence-corrected chi connectivity index (χ1v) is 12.0. The molecule has 0 spiro atoms. The number of imide groups is 1. The molecule has 0 saturated carbocycles. The quantitative estimate of drug-likeness (QED) is 0.317. The van der Waals surface area contributed by atoms with Gasteiger partial charge >= 0.3 is 11.9 Å². The third-order valence-electron chi connectivity index (χ3n) is 5.92. The second-order valence-electron chi connectivity index (χ2n) is 8.61. The molecule has 40 heavy (non-hydrogen) atoms. The molecule has 2 amide bonds. The molecule has 10 nitrogen and oxygen atoms in total. The minimum atomic E-state index is -0.495. The number of carbonyl (C=O) groups excluding carboxylic acids is 4. The highest BCUT2D eigenvalue weighted by Crippen LogP contribution is 2.23. The second-order valence-corrected chi connectivity index (χ2v) is 8.61. The van der Waals surface area contributed by atoms with E-state index in [-0.39, 0.29) is 25.2 Å². The second kappa shape index (κ2) is 13.8. The SMILES string of the molecule is COC(=O)c1ccn(C/C(=C/F)CN)c1.COC(=O)c1ccn(C/C(=C/F)CN2C(=O)c3ccccc3C2=O)c1. The van der Waals surface area contributed by atoms with Crippen LogP contribution < -0.4 is 5.73 Å². The van der Waals surface area contributed by atoms with Crippen LogP contribution in [-0.2, 0) is 22.6 Å². The van der Waals surface area contributed by atoms with Crippen LogP contribution in [0.5, 0.6) is 0 Å². The zero-order valence-electron chi connectivity index (χ0n) is 21.9. The molecule has 0 aliphatic carbocycles. The lowest BCUT2D eigenvalue weighted by Gasteiger charge is -2.16. The minimum Gasteiger partial charge on any atom is -0.465 e. The molecule has 0 atom stereocenters. The molecular formula is C28H28F2N4O6. The van der Waals surface area contributed by atoms with Gasteiger partial charge in [-0.3, -0.25) is 14.5 Å². The summed E-state index contributed by atoms with van der Waals surface area (Å²) in [5.74, 6) is -1.79. The van der Waals surface area contributed by atoms with Crippen molar-refractivity contribution in [2.45, 2.75) is 13.1 Å². The molecule has 0 bridgehead atoms. The lowest BCUT2D eigenvalue weighted by molar-refractivity contribution is 0.0592. The van der Waals surface area contributed by atoms with Gasteiger partial charge in [-0.1, -0.05) is 12.1 Å². The highest BCUT2D eigenvalue weighted by Gasteiger charge is 2.35. The number of benzene rings is 1. The van der Waals surface area contributed by atoms with Crippen LogP contribution in [-0.4, -0.2) is 65.1 Å². The Morgan fingerprint density at radius 3 is 1.62 bits per heavy atom. The Labute approximate surface area is 228 Å². The van der Waals surface area contributed by atoms with Crippen LogP contribution in [0.15, 0.2) is 85.0 Å². The Morgan fingerprint density at radius 2 is 1.23 bits per heavy atom. The predicted octanol–water partition coefficient (Wildman–Crippen LogP) is 3.51. The lowest BCUT2D eigenvalue weighted by atomic mass is 10.1. The van der Waals surface area contributed by atoms with E-state index in [1.54, 1.807) is 64.1 Å². The Morgan fingerprint density at radius 1 is 0.775 bits per heavy atom. The third kappa shape index (κ3) is 6.97. The molecule has 12 heteroatoms. The van der Waals surface area contributed by atoms with E-state index in [0.717, 1.165) is 4.90 Å². The number of methoxy groups -OCH3 is 2. The molecule has 4 rings (SSSR count). The van der Waals surface area contributed by atoms with Crippen molar-refractivity contribution in [2.75, 3.05) is 27.3 Å². The normalized spacial score (nSPS) is 13.1. The van der Waals surface area contributed by atoms with Gasteiger partial charge in [0.05, 0.1) is 55.7 Å². The summed E-state index contributed by atoms with van der Waals surface area (Å²) in [5, 5.41) is 0. The summed E-state index contributed by atoms with van der Waals surface area (Å²) in [6.07, 6.45) is 7.23. The van der Waals surface area contributed by atoms with Crippen LogP contribution in [0, 0.1) is 0 Å². The summed E-state index contributed by atoms with van der Waals surface area (Å²) >= 11 is 0. The van der Waals surface area contributed by atoms with Crippen molar-refractivity contribution in [1.82, 2.24) is 14.0 Å². The fourth-order valence-corrected chi connectivity index (χ4v) is 3.87. The van der Waals surface area contributed by atoms with Gasteiger partial charge < -0.3 is 24.3 Å². The smallest absolute Gasteiger partial charge is 0.339 e. The van der Waals surface area contributed by atoms with Gasteiger partial charge in [-0.25, -0.2) is 18.4 Å². The number of halogens is 2. The summed E-state index contributed by atoms with van der Waals surface area (Å²) in [6, 6.07) is 9.65. The predicted molar refractivity (Wildman–Crippen MR) is 141 cm³/mol. The van der Waals surface area contributed by atoms with E-state index in [4.69, 9.17) is 5.73 Å². The van der Waals surface area contributed by atoms with Gasteiger partial charge in [-0.05, 0) is 35.4 Å². The molecule has 2 aromatic heterocycles.